The second-order valence-electron chi connectivity index (χ2n) is 6.29. The van der Waals surface area contributed by atoms with E-state index in [1.165, 1.54) is 7.11 Å². The van der Waals surface area contributed by atoms with E-state index in [9.17, 15) is 14.7 Å². The summed E-state index contributed by atoms with van der Waals surface area (Å²) in [5, 5.41) is 12.9. The third-order valence-electron chi connectivity index (χ3n) is 3.07. The minimum atomic E-state index is -1.07. The zero-order valence-corrected chi connectivity index (χ0v) is 14.0. The number of ether oxygens (including phenoxy) is 2. The number of carbonyl (C=O) groups is 2. The van der Waals surface area contributed by atoms with E-state index in [1.807, 2.05) is 30.3 Å². The number of rotatable bonds is 6. The number of nitrogens with one attached hydrogen (secondary N) is 1. The summed E-state index contributed by atoms with van der Waals surface area (Å²) in [4.78, 5) is 23.3. The molecule has 1 amide bonds. The van der Waals surface area contributed by atoms with Crippen LogP contribution in [0.2, 0.25) is 0 Å². The summed E-state index contributed by atoms with van der Waals surface area (Å²) < 4.78 is 9.77. The van der Waals surface area contributed by atoms with Gasteiger partial charge in [-0.05, 0) is 32.8 Å². The third kappa shape index (κ3) is 7.65. The lowest BCUT2D eigenvalue weighted by atomic mass is 9.99. The topological polar surface area (TPSA) is 84.9 Å². The number of esters is 1. The number of aliphatic hydroxyl groups is 1. The Morgan fingerprint density at radius 1 is 1.22 bits per heavy atom. The maximum Gasteiger partial charge on any atom is 0.407 e. The van der Waals surface area contributed by atoms with Gasteiger partial charge in [-0.25, -0.2) is 4.79 Å². The third-order valence-corrected chi connectivity index (χ3v) is 3.07. The molecular weight excluding hydrogens is 298 g/mol. The lowest BCUT2D eigenvalue weighted by Gasteiger charge is -2.26. The molecule has 0 radical (unpaired) electrons. The molecule has 0 saturated carbocycles. The molecule has 0 saturated heterocycles. The van der Waals surface area contributed by atoms with Gasteiger partial charge in [-0.3, -0.25) is 4.79 Å². The van der Waals surface area contributed by atoms with Gasteiger partial charge in [-0.15, -0.1) is 0 Å². The van der Waals surface area contributed by atoms with E-state index in [-0.39, 0.29) is 6.42 Å². The molecule has 6 nitrogen and oxygen atoms in total. The second-order valence-corrected chi connectivity index (χ2v) is 6.29. The Labute approximate surface area is 136 Å². The van der Waals surface area contributed by atoms with Gasteiger partial charge in [0.05, 0.1) is 25.7 Å². The van der Waals surface area contributed by atoms with Crippen LogP contribution in [0.4, 0.5) is 4.79 Å². The molecule has 0 bridgehead atoms. The molecule has 0 fully saturated rings. The number of amides is 1. The maximum absolute atomic E-state index is 12.0. The second kappa shape index (κ2) is 8.53. The van der Waals surface area contributed by atoms with Crippen molar-refractivity contribution in [1.82, 2.24) is 5.32 Å². The first-order chi connectivity index (χ1) is 10.7. The average Bonchev–Trinajstić information content (AvgIpc) is 2.45. The average molecular weight is 323 g/mol. The fraction of sp³-hybridized carbons (Fsp3) is 0.529. The lowest BCUT2D eigenvalue weighted by Crippen LogP contribution is -2.47. The van der Waals surface area contributed by atoms with Gasteiger partial charge in [0, 0.05) is 0 Å². The smallest absolute Gasteiger partial charge is 0.407 e. The normalized spacial score (nSPS) is 13.8. The van der Waals surface area contributed by atoms with Crippen LogP contribution >= 0.6 is 0 Å². The van der Waals surface area contributed by atoms with Crippen LogP contribution in [-0.4, -0.2) is 42.0 Å². The van der Waals surface area contributed by atoms with E-state index in [2.05, 4.69) is 10.1 Å². The summed E-state index contributed by atoms with van der Waals surface area (Å²) in [7, 11) is 1.25. The molecule has 1 aromatic rings. The first-order valence-corrected chi connectivity index (χ1v) is 7.49. The number of benzene rings is 1. The minimum Gasteiger partial charge on any atom is -0.469 e. The minimum absolute atomic E-state index is 0.205. The Morgan fingerprint density at radius 3 is 2.35 bits per heavy atom. The molecule has 1 aromatic carbocycles. The van der Waals surface area contributed by atoms with Gasteiger partial charge in [0.2, 0.25) is 0 Å². The fourth-order valence-corrected chi connectivity index (χ4v) is 2.01. The summed E-state index contributed by atoms with van der Waals surface area (Å²) in [5.41, 5.74) is 0.284. The highest BCUT2D eigenvalue weighted by Crippen LogP contribution is 2.12. The zero-order chi connectivity index (χ0) is 17.5. The highest BCUT2D eigenvalue weighted by atomic mass is 16.6. The summed E-state index contributed by atoms with van der Waals surface area (Å²) >= 11 is 0. The van der Waals surface area contributed by atoms with Crippen LogP contribution in [0.15, 0.2) is 30.3 Å². The summed E-state index contributed by atoms with van der Waals surface area (Å²) in [6.45, 7) is 5.26. The van der Waals surface area contributed by atoms with Crippen LogP contribution in [-0.2, 0) is 20.7 Å². The van der Waals surface area contributed by atoms with Crippen molar-refractivity contribution >= 4 is 12.1 Å². The number of carbonyl (C=O) groups excluding carboxylic acids is 2. The van der Waals surface area contributed by atoms with E-state index >= 15 is 0 Å². The van der Waals surface area contributed by atoms with Gasteiger partial charge in [0.15, 0.2) is 0 Å². The van der Waals surface area contributed by atoms with Crippen molar-refractivity contribution in [3.8, 4) is 0 Å². The molecule has 2 N–H and O–H groups in total. The summed E-state index contributed by atoms with van der Waals surface area (Å²) in [6.07, 6.45) is -1.54. The molecular formula is C17H25NO5. The predicted molar refractivity (Wildman–Crippen MR) is 85.9 cm³/mol. The van der Waals surface area contributed by atoms with Crippen LogP contribution in [0, 0.1) is 0 Å². The van der Waals surface area contributed by atoms with Gasteiger partial charge >= 0.3 is 12.1 Å². The van der Waals surface area contributed by atoms with Crippen LogP contribution in [0.1, 0.15) is 32.8 Å². The molecule has 1 rings (SSSR count). The summed E-state index contributed by atoms with van der Waals surface area (Å²) in [6, 6.07) is 8.72. The number of hydrogen-bond acceptors (Lipinski definition) is 5. The maximum atomic E-state index is 12.0. The zero-order valence-electron chi connectivity index (χ0n) is 14.0. The van der Waals surface area contributed by atoms with Crippen molar-refractivity contribution in [3.63, 3.8) is 0 Å². The Kier molecular flexibility index (Phi) is 7.03. The number of hydrogen-bond donors (Lipinski definition) is 2. The van der Waals surface area contributed by atoms with Crippen LogP contribution in [0.3, 0.4) is 0 Å². The molecule has 0 spiro atoms. The number of methoxy groups -OCH3 is 1. The Hall–Kier alpha value is -2.08. The van der Waals surface area contributed by atoms with Gasteiger partial charge in [0.1, 0.15) is 5.60 Å². The van der Waals surface area contributed by atoms with Crippen molar-refractivity contribution in [3.05, 3.63) is 35.9 Å². The van der Waals surface area contributed by atoms with E-state index in [4.69, 9.17) is 4.74 Å². The lowest BCUT2D eigenvalue weighted by molar-refractivity contribution is -0.143. The molecule has 0 aliphatic heterocycles. The van der Waals surface area contributed by atoms with Gasteiger partial charge < -0.3 is 19.9 Å². The number of aliphatic hydroxyl groups excluding tert-OH is 1. The van der Waals surface area contributed by atoms with Crippen LogP contribution in [0.25, 0.3) is 0 Å². The monoisotopic (exact) mass is 323 g/mol. The largest absolute Gasteiger partial charge is 0.469 e. The van der Waals surface area contributed by atoms with Gasteiger partial charge in [-0.2, -0.15) is 0 Å². The highest BCUT2D eigenvalue weighted by Gasteiger charge is 2.26. The van der Waals surface area contributed by atoms with Crippen LogP contribution < -0.4 is 5.32 Å². The molecule has 2 unspecified atom stereocenters. The molecule has 6 heteroatoms. The standard InChI is InChI=1S/C17H25NO5/c1-17(2,3)23-16(21)18-13(14(19)11-15(20)22-4)10-12-8-6-5-7-9-12/h5-9,13-14,19H,10-11H2,1-4H3,(H,18,21). The van der Waals surface area contributed by atoms with Gasteiger partial charge in [-0.1, -0.05) is 30.3 Å². The summed E-state index contributed by atoms with van der Waals surface area (Å²) in [5.74, 6) is -0.540. The van der Waals surface area contributed by atoms with Crippen molar-refractivity contribution in [2.45, 2.75) is 51.4 Å². The van der Waals surface area contributed by atoms with Crippen molar-refractivity contribution in [2.75, 3.05) is 7.11 Å². The molecule has 0 aliphatic carbocycles. The first-order valence-electron chi connectivity index (χ1n) is 7.49. The van der Waals surface area contributed by atoms with Crippen molar-refractivity contribution in [2.24, 2.45) is 0 Å². The van der Waals surface area contributed by atoms with Crippen molar-refractivity contribution in [1.29, 1.82) is 0 Å². The Morgan fingerprint density at radius 2 is 1.83 bits per heavy atom. The predicted octanol–water partition coefficient (Wildman–Crippen LogP) is 2.05. The Balaban J connectivity index is 2.79. The molecule has 23 heavy (non-hydrogen) atoms. The van der Waals surface area contributed by atoms with E-state index in [0.29, 0.717) is 6.42 Å². The van der Waals surface area contributed by atoms with E-state index in [0.717, 1.165) is 5.56 Å². The van der Waals surface area contributed by atoms with Gasteiger partial charge in [0.25, 0.3) is 0 Å². The quantitative estimate of drug-likeness (QED) is 0.783. The molecule has 0 aromatic heterocycles. The highest BCUT2D eigenvalue weighted by molar-refractivity contribution is 5.71. The molecule has 0 aliphatic rings. The first kappa shape index (κ1) is 19.0. The Bertz CT molecular complexity index is 509. The van der Waals surface area contributed by atoms with Crippen LogP contribution in [0.5, 0.6) is 0 Å². The van der Waals surface area contributed by atoms with E-state index in [1.54, 1.807) is 20.8 Å². The fourth-order valence-electron chi connectivity index (χ4n) is 2.01. The molecule has 128 valence electrons. The van der Waals surface area contributed by atoms with Crippen molar-refractivity contribution < 1.29 is 24.2 Å². The van der Waals surface area contributed by atoms with E-state index < -0.39 is 29.8 Å². The number of alkyl carbamates (subject to hydrolysis) is 1. The molecule has 0 heterocycles. The molecule has 2 atom stereocenters. The SMILES string of the molecule is COC(=O)CC(O)C(Cc1ccccc1)NC(=O)OC(C)(C)C.